The van der Waals surface area contributed by atoms with Crippen molar-refractivity contribution in [1.82, 2.24) is 0 Å². The number of hydrogen-bond acceptors (Lipinski definition) is 3. The first-order chi connectivity index (χ1) is 8.56. The lowest BCUT2D eigenvalue weighted by atomic mass is 10.2. The maximum atomic E-state index is 6.11. The Bertz CT molecular complexity index is 578. The number of aryl methyl sites for hydroxylation is 1. The first kappa shape index (κ1) is 13.3. The number of hydrogen-bond donors (Lipinski definition) is 2. The predicted molar refractivity (Wildman–Crippen MR) is 83.7 cm³/mol. The molecule has 18 heavy (non-hydrogen) atoms. The van der Waals surface area contributed by atoms with Crippen LogP contribution >= 0.6 is 35.2 Å². The molecule has 2 aromatic rings. The van der Waals surface area contributed by atoms with Gasteiger partial charge >= 0.3 is 0 Å². The maximum absolute atomic E-state index is 6.11. The van der Waals surface area contributed by atoms with E-state index < -0.39 is 0 Å². The molecule has 0 aliphatic carbocycles. The van der Waals surface area contributed by atoms with Gasteiger partial charge in [0.25, 0.3) is 0 Å². The van der Waals surface area contributed by atoms with E-state index in [0.29, 0.717) is 15.6 Å². The number of thiophene rings is 1. The molecule has 0 unspecified atom stereocenters. The maximum Gasteiger partial charge on any atom is 0.105 e. The van der Waals surface area contributed by atoms with Gasteiger partial charge in [-0.1, -0.05) is 23.8 Å². The molecule has 1 aromatic carbocycles. The minimum absolute atomic E-state index is 0.320. The number of benzene rings is 1. The van der Waals surface area contributed by atoms with E-state index in [1.807, 2.05) is 18.2 Å². The Labute approximate surface area is 121 Å². The van der Waals surface area contributed by atoms with Crippen LogP contribution in [0, 0.1) is 6.92 Å². The topological polar surface area (TPSA) is 38.0 Å². The SMILES string of the molecule is Cc1ccc(CNc2ccc(C(N)=S)c(Cl)c2)s1. The molecule has 2 rings (SSSR count). The van der Waals surface area contributed by atoms with E-state index in [1.54, 1.807) is 11.3 Å². The van der Waals surface area contributed by atoms with Gasteiger partial charge < -0.3 is 11.1 Å². The smallest absolute Gasteiger partial charge is 0.105 e. The van der Waals surface area contributed by atoms with Crippen molar-refractivity contribution in [2.45, 2.75) is 13.5 Å². The first-order valence-electron chi connectivity index (χ1n) is 5.45. The molecule has 0 aliphatic rings. The highest BCUT2D eigenvalue weighted by molar-refractivity contribution is 7.80. The number of rotatable bonds is 4. The van der Waals surface area contributed by atoms with Gasteiger partial charge in [-0.2, -0.15) is 0 Å². The predicted octanol–water partition coefficient (Wildman–Crippen LogP) is 3.96. The number of thiocarbonyl (C=S) groups is 1. The number of nitrogens with one attached hydrogen (secondary N) is 1. The van der Waals surface area contributed by atoms with E-state index in [0.717, 1.165) is 12.2 Å². The molecule has 0 saturated heterocycles. The van der Waals surface area contributed by atoms with Crippen molar-refractivity contribution in [3.8, 4) is 0 Å². The van der Waals surface area contributed by atoms with Crippen molar-refractivity contribution in [2.75, 3.05) is 5.32 Å². The van der Waals surface area contributed by atoms with Gasteiger partial charge in [0.2, 0.25) is 0 Å². The van der Waals surface area contributed by atoms with Crippen molar-refractivity contribution in [3.05, 3.63) is 50.7 Å². The van der Waals surface area contributed by atoms with Gasteiger partial charge in [0.15, 0.2) is 0 Å². The van der Waals surface area contributed by atoms with E-state index >= 15 is 0 Å². The van der Waals surface area contributed by atoms with Gasteiger partial charge in [-0.25, -0.2) is 0 Å². The van der Waals surface area contributed by atoms with Crippen LogP contribution in [0.5, 0.6) is 0 Å². The average molecular weight is 297 g/mol. The summed E-state index contributed by atoms with van der Waals surface area (Å²) in [4.78, 5) is 2.93. The molecule has 0 fully saturated rings. The van der Waals surface area contributed by atoms with Gasteiger partial charge in [0.05, 0.1) is 5.02 Å². The van der Waals surface area contributed by atoms with Crippen LogP contribution in [0.4, 0.5) is 5.69 Å². The van der Waals surface area contributed by atoms with Gasteiger partial charge in [-0.05, 0) is 37.3 Å². The summed E-state index contributed by atoms with van der Waals surface area (Å²) < 4.78 is 0. The Morgan fingerprint density at radius 2 is 2.17 bits per heavy atom. The lowest BCUT2D eigenvalue weighted by Gasteiger charge is -2.08. The van der Waals surface area contributed by atoms with E-state index in [1.165, 1.54) is 9.75 Å². The van der Waals surface area contributed by atoms with Crippen LogP contribution in [-0.4, -0.2) is 4.99 Å². The van der Waals surface area contributed by atoms with E-state index in [2.05, 4.69) is 24.4 Å². The molecule has 94 valence electrons. The van der Waals surface area contributed by atoms with Gasteiger partial charge in [-0.15, -0.1) is 11.3 Å². The standard InChI is InChI=1S/C13H13ClN2S2/c1-8-2-4-10(18-8)7-16-9-3-5-11(13(15)17)12(14)6-9/h2-6,16H,7H2,1H3,(H2,15,17). The largest absolute Gasteiger partial charge is 0.389 e. The molecule has 0 radical (unpaired) electrons. The molecular formula is C13H13ClN2S2. The normalized spacial score (nSPS) is 10.3. The van der Waals surface area contributed by atoms with Gasteiger partial charge in [0, 0.05) is 27.5 Å². The molecule has 3 N–H and O–H groups in total. The first-order valence-corrected chi connectivity index (χ1v) is 7.05. The summed E-state index contributed by atoms with van der Waals surface area (Å²) in [6.45, 7) is 2.89. The zero-order valence-corrected chi connectivity index (χ0v) is 12.3. The lowest BCUT2D eigenvalue weighted by Crippen LogP contribution is -2.10. The lowest BCUT2D eigenvalue weighted by molar-refractivity contribution is 1.19. The highest BCUT2D eigenvalue weighted by Gasteiger charge is 2.04. The Morgan fingerprint density at radius 3 is 2.72 bits per heavy atom. The van der Waals surface area contributed by atoms with Crippen LogP contribution in [-0.2, 0) is 6.54 Å². The quantitative estimate of drug-likeness (QED) is 0.839. The molecule has 2 nitrogen and oxygen atoms in total. The molecule has 0 saturated carbocycles. The Hall–Kier alpha value is -1.10. The number of anilines is 1. The average Bonchev–Trinajstić information content (AvgIpc) is 2.72. The summed E-state index contributed by atoms with van der Waals surface area (Å²) in [5.74, 6) is 0. The van der Waals surface area contributed by atoms with Crippen LogP contribution in [0.2, 0.25) is 5.02 Å². The van der Waals surface area contributed by atoms with Crippen LogP contribution < -0.4 is 11.1 Å². The monoisotopic (exact) mass is 296 g/mol. The van der Waals surface area contributed by atoms with Crippen LogP contribution in [0.15, 0.2) is 30.3 Å². The number of nitrogens with two attached hydrogens (primary N) is 1. The fourth-order valence-corrected chi connectivity index (χ4v) is 2.94. The van der Waals surface area contributed by atoms with E-state index in [9.17, 15) is 0 Å². The third kappa shape index (κ3) is 3.22. The fraction of sp³-hybridized carbons (Fsp3) is 0.154. The highest BCUT2D eigenvalue weighted by Crippen LogP contribution is 2.22. The molecule has 1 heterocycles. The van der Waals surface area contributed by atoms with E-state index in [-0.39, 0.29) is 0 Å². The molecule has 0 aliphatic heterocycles. The van der Waals surface area contributed by atoms with Crippen LogP contribution in [0.3, 0.4) is 0 Å². The van der Waals surface area contributed by atoms with Crippen LogP contribution in [0.1, 0.15) is 15.3 Å². The second kappa shape index (κ2) is 5.69. The summed E-state index contributed by atoms with van der Waals surface area (Å²) in [6.07, 6.45) is 0. The minimum Gasteiger partial charge on any atom is -0.389 e. The summed E-state index contributed by atoms with van der Waals surface area (Å²) in [5, 5.41) is 3.90. The molecule has 0 amide bonds. The summed E-state index contributed by atoms with van der Waals surface area (Å²) in [6, 6.07) is 9.85. The fourth-order valence-electron chi connectivity index (χ4n) is 1.59. The number of halogens is 1. The summed E-state index contributed by atoms with van der Waals surface area (Å²) in [7, 11) is 0. The molecular weight excluding hydrogens is 284 g/mol. The molecule has 1 aromatic heterocycles. The summed E-state index contributed by atoms with van der Waals surface area (Å²) >= 11 is 12.8. The summed E-state index contributed by atoms with van der Waals surface area (Å²) in [5.41, 5.74) is 7.24. The third-order valence-electron chi connectivity index (χ3n) is 2.50. The molecule has 0 bridgehead atoms. The van der Waals surface area contributed by atoms with Crippen molar-refractivity contribution >= 4 is 45.8 Å². The molecule has 5 heteroatoms. The minimum atomic E-state index is 0.320. The van der Waals surface area contributed by atoms with Crippen molar-refractivity contribution in [1.29, 1.82) is 0 Å². The molecule has 0 atom stereocenters. The zero-order valence-electron chi connectivity index (χ0n) is 9.87. The second-order valence-corrected chi connectivity index (χ2v) is 6.14. The Balaban J connectivity index is 2.06. The Kier molecular flexibility index (Phi) is 4.22. The van der Waals surface area contributed by atoms with Crippen molar-refractivity contribution < 1.29 is 0 Å². The highest BCUT2D eigenvalue weighted by atomic mass is 35.5. The third-order valence-corrected chi connectivity index (χ3v) is 4.03. The molecule has 0 spiro atoms. The van der Waals surface area contributed by atoms with Crippen molar-refractivity contribution in [3.63, 3.8) is 0 Å². The van der Waals surface area contributed by atoms with E-state index in [4.69, 9.17) is 29.6 Å². The van der Waals surface area contributed by atoms with Crippen LogP contribution in [0.25, 0.3) is 0 Å². The Morgan fingerprint density at radius 1 is 1.39 bits per heavy atom. The van der Waals surface area contributed by atoms with Crippen molar-refractivity contribution in [2.24, 2.45) is 5.73 Å². The zero-order chi connectivity index (χ0) is 13.1. The second-order valence-electron chi connectivity index (χ2n) is 3.92. The van der Waals surface area contributed by atoms with Gasteiger partial charge in [-0.3, -0.25) is 0 Å². The van der Waals surface area contributed by atoms with Gasteiger partial charge in [0.1, 0.15) is 4.99 Å².